The second-order valence-corrected chi connectivity index (χ2v) is 3.93. The van der Waals surface area contributed by atoms with Gasteiger partial charge in [0.1, 0.15) is 0 Å². The number of hydrogen-bond acceptors (Lipinski definition) is 3. The lowest BCUT2D eigenvalue weighted by atomic mass is 9.96. The van der Waals surface area contributed by atoms with Gasteiger partial charge in [0.05, 0.1) is 19.8 Å². The summed E-state index contributed by atoms with van der Waals surface area (Å²) in [5, 5.41) is 9.88. The fraction of sp³-hybridized carbons (Fsp3) is 0.385. The summed E-state index contributed by atoms with van der Waals surface area (Å²) in [6, 6.07) is 5.59. The average molecular weight is 222 g/mol. The molecule has 3 nitrogen and oxygen atoms in total. The highest BCUT2D eigenvalue weighted by atomic mass is 16.5. The van der Waals surface area contributed by atoms with Crippen LogP contribution in [0, 0.1) is 0 Å². The lowest BCUT2D eigenvalue weighted by molar-refractivity contribution is 0.112. The standard InChI is InChI=1S/C13H18O3/c1-5-13(2,14)9-10-6-7-11(15-3)12(8-10)16-4/h5-8,14H,1,9H2,2-4H3. The van der Waals surface area contributed by atoms with Crippen LogP contribution < -0.4 is 9.47 Å². The molecule has 1 rings (SSSR count). The summed E-state index contributed by atoms with van der Waals surface area (Å²) in [5.41, 5.74) is 0.0714. The van der Waals surface area contributed by atoms with Crippen LogP contribution in [0.1, 0.15) is 12.5 Å². The number of rotatable bonds is 5. The Bertz CT molecular complexity index is 369. The molecule has 0 heterocycles. The zero-order chi connectivity index (χ0) is 12.2. The first-order chi connectivity index (χ1) is 7.52. The normalized spacial score (nSPS) is 14.0. The molecule has 0 saturated heterocycles. The summed E-state index contributed by atoms with van der Waals surface area (Å²) in [6.45, 7) is 5.32. The molecule has 0 fully saturated rings. The summed E-state index contributed by atoms with van der Waals surface area (Å²) in [4.78, 5) is 0. The van der Waals surface area contributed by atoms with Gasteiger partial charge < -0.3 is 14.6 Å². The van der Waals surface area contributed by atoms with E-state index in [1.807, 2.05) is 18.2 Å². The van der Waals surface area contributed by atoms with Crippen molar-refractivity contribution >= 4 is 0 Å². The van der Waals surface area contributed by atoms with E-state index in [9.17, 15) is 5.11 Å². The first-order valence-electron chi connectivity index (χ1n) is 5.09. The molecule has 1 atom stereocenters. The van der Waals surface area contributed by atoms with Crippen molar-refractivity contribution in [3.8, 4) is 11.5 Å². The fourth-order valence-corrected chi connectivity index (χ4v) is 1.48. The monoisotopic (exact) mass is 222 g/mol. The van der Waals surface area contributed by atoms with E-state index in [0.29, 0.717) is 17.9 Å². The third kappa shape index (κ3) is 3.00. The molecule has 0 spiro atoms. The quantitative estimate of drug-likeness (QED) is 0.776. The summed E-state index contributed by atoms with van der Waals surface area (Å²) in [6.07, 6.45) is 2.03. The van der Waals surface area contributed by atoms with Crippen LogP contribution >= 0.6 is 0 Å². The Kier molecular flexibility index (Phi) is 3.96. The van der Waals surface area contributed by atoms with Crippen molar-refractivity contribution in [1.82, 2.24) is 0 Å². The minimum atomic E-state index is -0.903. The van der Waals surface area contributed by atoms with E-state index in [-0.39, 0.29) is 0 Å². The van der Waals surface area contributed by atoms with Crippen molar-refractivity contribution in [1.29, 1.82) is 0 Å². The predicted octanol–water partition coefficient (Wildman–Crippen LogP) is 2.18. The highest BCUT2D eigenvalue weighted by Crippen LogP contribution is 2.29. The van der Waals surface area contributed by atoms with Gasteiger partial charge in [-0.15, -0.1) is 6.58 Å². The molecule has 0 radical (unpaired) electrons. The minimum absolute atomic E-state index is 0.497. The molecule has 0 amide bonds. The van der Waals surface area contributed by atoms with Crippen molar-refractivity contribution in [2.45, 2.75) is 18.9 Å². The van der Waals surface area contributed by atoms with Gasteiger partial charge in [-0.2, -0.15) is 0 Å². The summed E-state index contributed by atoms with van der Waals surface area (Å²) in [7, 11) is 3.19. The van der Waals surface area contributed by atoms with Crippen LogP contribution in [-0.4, -0.2) is 24.9 Å². The smallest absolute Gasteiger partial charge is 0.160 e. The number of methoxy groups -OCH3 is 2. The number of hydrogen-bond donors (Lipinski definition) is 1. The van der Waals surface area contributed by atoms with Crippen molar-refractivity contribution in [2.24, 2.45) is 0 Å². The Morgan fingerprint density at radius 3 is 2.44 bits per heavy atom. The molecule has 1 aromatic carbocycles. The molecular weight excluding hydrogens is 204 g/mol. The number of ether oxygens (including phenoxy) is 2. The molecule has 0 aliphatic rings. The van der Waals surface area contributed by atoms with Gasteiger partial charge in [0, 0.05) is 6.42 Å². The van der Waals surface area contributed by atoms with Gasteiger partial charge in [-0.1, -0.05) is 12.1 Å². The number of aliphatic hydroxyl groups is 1. The third-order valence-corrected chi connectivity index (χ3v) is 2.45. The molecule has 3 heteroatoms. The van der Waals surface area contributed by atoms with Crippen LogP contribution in [0.15, 0.2) is 30.9 Å². The molecule has 0 aliphatic heterocycles. The summed E-state index contributed by atoms with van der Waals surface area (Å²) >= 11 is 0. The Balaban J connectivity index is 2.95. The molecule has 1 N–H and O–H groups in total. The summed E-state index contributed by atoms with van der Waals surface area (Å²) < 4.78 is 10.3. The predicted molar refractivity (Wildman–Crippen MR) is 64.1 cm³/mol. The van der Waals surface area contributed by atoms with Gasteiger partial charge in [0.25, 0.3) is 0 Å². The zero-order valence-electron chi connectivity index (χ0n) is 9.99. The van der Waals surface area contributed by atoms with Crippen LogP contribution in [0.5, 0.6) is 11.5 Å². The van der Waals surface area contributed by atoms with E-state index in [1.165, 1.54) is 6.08 Å². The molecule has 16 heavy (non-hydrogen) atoms. The average Bonchev–Trinajstić information content (AvgIpc) is 2.28. The topological polar surface area (TPSA) is 38.7 Å². The fourth-order valence-electron chi connectivity index (χ4n) is 1.48. The Labute approximate surface area is 96.3 Å². The highest BCUT2D eigenvalue weighted by Gasteiger charge is 2.17. The first kappa shape index (κ1) is 12.6. The Morgan fingerprint density at radius 1 is 1.31 bits per heavy atom. The van der Waals surface area contributed by atoms with E-state index in [1.54, 1.807) is 21.1 Å². The Morgan fingerprint density at radius 2 is 1.94 bits per heavy atom. The molecule has 1 aromatic rings. The highest BCUT2D eigenvalue weighted by molar-refractivity contribution is 5.43. The molecule has 88 valence electrons. The molecular formula is C13H18O3. The second-order valence-electron chi connectivity index (χ2n) is 3.93. The lowest BCUT2D eigenvalue weighted by Crippen LogP contribution is -2.23. The third-order valence-electron chi connectivity index (χ3n) is 2.45. The lowest BCUT2D eigenvalue weighted by Gasteiger charge is -2.19. The van der Waals surface area contributed by atoms with E-state index < -0.39 is 5.60 Å². The van der Waals surface area contributed by atoms with E-state index in [2.05, 4.69) is 6.58 Å². The van der Waals surface area contributed by atoms with Crippen LogP contribution in [0.3, 0.4) is 0 Å². The van der Waals surface area contributed by atoms with Crippen molar-refractivity contribution in [2.75, 3.05) is 14.2 Å². The molecule has 0 aliphatic carbocycles. The van der Waals surface area contributed by atoms with E-state index in [4.69, 9.17) is 9.47 Å². The maximum Gasteiger partial charge on any atom is 0.160 e. The Hall–Kier alpha value is -1.48. The van der Waals surface area contributed by atoms with Gasteiger partial charge >= 0.3 is 0 Å². The van der Waals surface area contributed by atoms with Gasteiger partial charge in [-0.05, 0) is 24.6 Å². The molecule has 0 bridgehead atoms. The van der Waals surface area contributed by atoms with Gasteiger partial charge in [-0.3, -0.25) is 0 Å². The van der Waals surface area contributed by atoms with Crippen LogP contribution in [0.2, 0.25) is 0 Å². The van der Waals surface area contributed by atoms with Crippen molar-refractivity contribution < 1.29 is 14.6 Å². The molecule has 0 aromatic heterocycles. The first-order valence-corrected chi connectivity index (χ1v) is 5.09. The molecule has 0 saturated carbocycles. The zero-order valence-corrected chi connectivity index (χ0v) is 9.99. The second kappa shape index (κ2) is 5.03. The maximum absolute atomic E-state index is 9.88. The van der Waals surface area contributed by atoms with Gasteiger partial charge in [0.2, 0.25) is 0 Å². The van der Waals surface area contributed by atoms with E-state index in [0.717, 1.165) is 5.56 Å². The van der Waals surface area contributed by atoms with Gasteiger partial charge in [-0.25, -0.2) is 0 Å². The van der Waals surface area contributed by atoms with Crippen molar-refractivity contribution in [3.63, 3.8) is 0 Å². The summed E-state index contributed by atoms with van der Waals surface area (Å²) in [5.74, 6) is 1.35. The minimum Gasteiger partial charge on any atom is -0.493 e. The van der Waals surface area contributed by atoms with Crippen LogP contribution in [0.4, 0.5) is 0 Å². The number of benzene rings is 1. The van der Waals surface area contributed by atoms with E-state index >= 15 is 0 Å². The van der Waals surface area contributed by atoms with Gasteiger partial charge in [0.15, 0.2) is 11.5 Å². The van der Waals surface area contributed by atoms with Crippen LogP contribution in [0.25, 0.3) is 0 Å². The molecule has 1 unspecified atom stereocenters. The van der Waals surface area contributed by atoms with Crippen molar-refractivity contribution in [3.05, 3.63) is 36.4 Å². The largest absolute Gasteiger partial charge is 0.493 e. The van der Waals surface area contributed by atoms with Crippen LogP contribution in [-0.2, 0) is 6.42 Å². The SMILES string of the molecule is C=CC(C)(O)Cc1ccc(OC)c(OC)c1. The maximum atomic E-state index is 9.88.